The maximum atomic E-state index is 12.7. The van der Waals surface area contributed by atoms with Crippen molar-refractivity contribution in [3.8, 4) is 22.8 Å². The summed E-state index contributed by atoms with van der Waals surface area (Å²) in [5.74, 6) is 1.60. The second-order valence-corrected chi connectivity index (χ2v) is 6.93. The van der Waals surface area contributed by atoms with Crippen LogP contribution in [0.1, 0.15) is 16.8 Å². The first-order chi connectivity index (χ1) is 14.3. The van der Waals surface area contributed by atoms with Crippen molar-refractivity contribution in [2.24, 2.45) is 0 Å². The number of hydrogen-bond acceptors (Lipinski definition) is 7. The molecule has 1 saturated heterocycles. The molecule has 0 bridgehead atoms. The van der Waals surface area contributed by atoms with Gasteiger partial charge >= 0.3 is 0 Å². The van der Waals surface area contributed by atoms with Crippen LogP contribution in [0, 0.1) is 0 Å². The maximum Gasteiger partial charge on any atom is 0.255 e. The van der Waals surface area contributed by atoms with Gasteiger partial charge in [-0.1, -0.05) is 6.07 Å². The summed E-state index contributed by atoms with van der Waals surface area (Å²) in [4.78, 5) is 28.0. The monoisotopic (exact) mass is 389 g/mol. The normalized spacial score (nSPS) is 17.4. The van der Waals surface area contributed by atoms with Gasteiger partial charge in [-0.05, 0) is 36.8 Å². The summed E-state index contributed by atoms with van der Waals surface area (Å²) in [6.45, 7) is 1.56. The number of rotatable bonds is 4. The van der Waals surface area contributed by atoms with Crippen molar-refractivity contribution < 1.29 is 14.3 Å². The minimum Gasteiger partial charge on any atom is -0.454 e. The Hall–Kier alpha value is -3.68. The van der Waals surface area contributed by atoms with Gasteiger partial charge in [-0.15, -0.1) is 0 Å². The van der Waals surface area contributed by atoms with E-state index in [9.17, 15) is 4.79 Å². The molecule has 8 nitrogen and oxygen atoms in total. The Labute approximate surface area is 167 Å². The Morgan fingerprint density at radius 1 is 1.14 bits per heavy atom. The lowest BCUT2D eigenvalue weighted by Crippen LogP contribution is -2.37. The second kappa shape index (κ2) is 7.38. The first-order valence-electron chi connectivity index (χ1n) is 9.46. The molecule has 1 aromatic carbocycles. The molecular formula is C21H19N5O3. The SMILES string of the molecule is O=C(NC1CCN(c2nccc(-c3cccnc3)n2)C1)c1cccc2c1OCO2. The lowest BCUT2D eigenvalue weighted by atomic mass is 10.1. The van der Waals surface area contributed by atoms with E-state index in [1.165, 1.54) is 0 Å². The van der Waals surface area contributed by atoms with E-state index >= 15 is 0 Å². The molecule has 2 aromatic heterocycles. The number of nitrogens with zero attached hydrogens (tertiary/aromatic N) is 4. The van der Waals surface area contributed by atoms with Crippen molar-refractivity contribution in [1.82, 2.24) is 20.3 Å². The van der Waals surface area contributed by atoms with E-state index in [1.807, 2.05) is 18.2 Å². The van der Waals surface area contributed by atoms with Crippen molar-refractivity contribution in [3.63, 3.8) is 0 Å². The lowest BCUT2D eigenvalue weighted by Gasteiger charge is -2.17. The summed E-state index contributed by atoms with van der Waals surface area (Å²) in [6.07, 6.45) is 6.08. The highest BCUT2D eigenvalue weighted by atomic mass is 16.7. The van der Waals surface area contributed by atoms with Gasteiger partial charge in [0.15, 0.2) is 11.5 Å². The first-order valence-corrected chi connectivity index (χ1v) is 9.46. The van der Waals surface area contributed by atoms with Gasteiger partial charge in [-0.3, -0.25) is 9.78 Å². The van der Waals surface area contributed by atoms with Crippen LogP contribution in [0.3, 0.4) is 0 Å². The third-order valence-corrected chi connectivity index (χ3v) is 5.05. The topological polar surface area (TPSA) is 89.5 Å². The smallest absolute Gasteiger partial charge is 0.255 e. The molecule has 1 atom stereocenters. The van der Waals surface area contributed by atoms with Crippen LogP contribution in [-0.2, 0) is 0 Å². The molecule has 146 valence electrons. The number of pyridine rings is 1. The van der Waals surface area contributed by atoms with Gasteiger partial charge in [-0.25, -0.2) is 9.97 Å². The third kappa shape index (κ3) is 3.44. The Kier molecular flexibility index (Phi) is 4.44. The fourth-order valence-electron chi connectivity index (χ4n) is 3.61. The molecule has 0 spiro atoms. The summed E-state index contributed by atoms with van der Waals surface area (Å²) >= 11 is 0. The summed E-state index contributed by atoms with van der Waals surface area (Å²) < 4.78 is 10.8. The minimum atomic E-state index is -0.163. The van der Waals surface area contributed by atoms with Crippen molar-refractivity contribution in [1.29, 1.82) is 0 Å². The highest BCUT2D eigenvalue weighted by Crippen LogP contribution is 2.35. The molecule has 1 N–H and O–H groups in total. The second-order valence-electron chi connectivity index (χ2n) is 6.93. The van der Waals surface area contributed by atoms with Crippen molar-refractivity contribution in [2.45, 2.75) is 12.5 Å². The Morgan fingerprint density at radius 3 is 3.00 bits per heavy atom. The quantitative estimate of drug-likeness (QED) is 0.732. The number of anilines is 1. The number of ether oxygens (including phenoxy) is 2. The number of carbonyl (C=O) groups is 1. The number of hydrogen-bond donors (Lipinski definition) is 1. The van der Waals surface area contributed by atoms with Crippen LogP contribution in [0.2, 0.25) is 0 Å². The van der Waals surface area contributed by atoms with Gasteiger partial charge in [0.1, 0.15) is 0 Å². The van der Waals surface area contributed by atoms with Gasteiger partial charge in [0.2, 0.25) is 12.7 Å². The fraction of sp³-hybridized carbons (Fsp3) is 0.238. The largest absolute Gasteiger partial charge is 0.454 e. The molecule has 0 saturated carbocycles. The van der Waals surface area contributed by atoms with Crippen molar-refractivity contribution in [2.75, 3.05) is 24.8 Å². The molecule has 29 heavy (non-hydrogen) atoms. The van der Waals surface area contributed by atoms with E-state index in [0.29, 0.717) is 29.6 Å². The van der Waals surface area contributed by atoms with E-state index in [2.05, 4.69) is 25.2 Å². The third-order valence-electron chi connectivity index (χ3n) is 5.05. The minimum absolute atomic E-state index is 0.00586. The van der Waals surface area contributed by atoms with Gasteiger partial charge < -0.3 is 19.7 Å². The van der Waals surface area contributed by atoms with Crippen LogP contribution in [0.25, 0.3) is 11.3 Å². The molecule has 0 aliphatic carbocycles. The van der Waals surface area contributed by atoms with E-state index in [4.69, 9.17) is 9.47 Å². The number of nitrogens with one attached hydrogen (secondary N) is 1. The molecule has 8 heteroatoms. The molecule has 2 aliphatic heterocycles. The van der Waals surface area contributed by atoms with E-state index in [0.717, 1.165) is 24.2 Å². The predicted octanol–water partition coefficient (Wildman–Crippen LogP) is 2.28. The van der Waals surface area contributed by atoms with Gasteiger partial charge in [-0.2, -0.15) is 0 Å². The molecule has 0 radical (unpaired) electrons. The number of fused-ring (bicyclic) bond motifs is 1. The van der Waals surface area contributed by atoms with Crippen LogP contribution < -0.4 is 19.7 Å². The van der Waals surface area contributed by atoms with Crippen LogP contribution >= 0.6 is 0 Å². The molecule has 1 amide bonds. The van der Waals surface area contributed by atoms with Crippen LogP contribution in [-0.4, -0.2) is 46.8 Å². The highest BCUT2D eigenvalue weighted by molar-refractivity contribution is 5.98. The zero-order valence-electron chi connectivity index (χ0n) is 15.6. The first kappa shape index (κ1) is 17.4. The van der Waals surface area contributed by atoms with E-state index in [-0.39, 0.29) is 18.7 Å². The van der Waals surface area contributed by atoms with Crippen LogP contribution in [0.5, 0.6) is 11.5 Å². The molecule has 2 aliphatic rings. The number of para-hydroxylation sites is 1. The summed E-state index contributed by atoms with van der Waals surface area (Å²) in [7, 11) is 0. The number of amides is 1. The Bertz CT molecular complexity index is 1040. The summed E-state index contributed by atoms with van der Waals surface area (Å²) in [5, 5.41) is 3.09. The Morgan fingerprint density at radius 2 is 2.10 bits per heavy atom. The highest BCUT2D eigenvalue weighted by Gasteiger charge is 2.28. The van der Waals surface area contributed by atoms with Gasteiger partial charge in [0.25, 0.3) is 5.91 Å². The molecule has 1 unspecified atom stereocenters. The number of aromatic nitrogens is 3. The molecule has 3 aromatic rings. The number of benzene rings is 1. The zero-order valence-corrected chi connectivity index (χ0v) is 15.6. The summed E-state index contributed by atoms with van der Waals surface area (Å²) in [5.41, 5.74) is 2.27. The van der Waals surface area contributed by atoms with Crippen molar-refractivity contribution >= 4 is 11.9 Å². The fourth-order valence-corrected chi connectivity index (χ4v) is 3.61. The van der Waals surface area contributed by atoms with Gasteiger partial charge in [0.05, 0.1) is 11.3 Å². The molecule has 5 rings (SSSR count). The molecule has 1 fully saturated rings. The maximum absolute atomic E-state index is 12.7. The summed E-state index contributed by atoms with van der Waals surface area (Å²) in [6, 6.07) is 11.1. The average molecular weight is 389 g/mol. The molecular weight excluding hydrogens is 370 g/mol. The molecule has 4 heterocycles. The zero-order chi connectivity index (χ0) is 19.6. The lowest BCUT2D eigenvalue weighted by molar-refractivity contribution is 0.0935. The van der Waals surface area contributed by atoms with Crippen molar-refractivity contribution in [3.05, 3.63) is 60.6 Å². The van der Waals surface area contributed by atoms with E-state index < -0.39 is 0 Å². The van der Waals surface area contributed by atoms with Gasteiger partial charge in [0, 0.05) is 43.3 Å². The Balaban J connectivity index is 1.28. The van der Waals surface area contributed by atoms with Crippen LogP contribution in [0.15, 0.2) is 55.0 Å². The number of carbonyl (C=O) groups excluding carboxylic acids is 1. The van der Waals surface area contributed by atoms with E-state index in [1.54, 1.807) is 36.8 Å². The standard InChI is InChI=1S/C21H19N5O3/c27-20(16-4-1-5-18-19(16)29-13-28-18)24-15-7-10-26(12-15)21-23-9-6-17(25-21)14-3-2-8-22-11-14/h1-6,8-9,11,15H,7,10,12-13H2,(H,24,27). The average Bonchev–Trinajstić information content (AvgIpc) is 3.44. The van der Waals surface area contributed by atoms with Crippen LogP contribution in [0.4, 0.5) is 5.95 Å². The predicted molar refractivity (Wildman–Crippen MR) is 106 cm³/mol.